The van der Waals surface area contributed by atoms with E-state index in [1.807, 2.05) is 29.7 Å². The normalized spacial score (nSPS) is 13.9. The number of H-pyrrole nitrogens is 1. The molecule has 7 nitrogen and oxygen atoms in total. The second kappa shape index (κ2) is 6.60. The zero-order valence-corrected chi connectivity index (χ0v) is 15.5. The van der Waals surface area contributed by atoms with Gasteiger partial charge in [0, 0.05) is 30.0 Å². The van der Waals surface area contributed by atoms with Crippen LogP contribution in [0.5, 0.6) is 5.75 Å². The number of ether oxygens (including phenoxy) is 1. The Morgan fingerprint density at radius 1 is 1.50 bits per heavy atom. The fraction of sp³-hybridized carbons (Fsp3) is 0.389. The molecule has 4 rings (SSSR count). The van der Waals surface area contributed by atoms with Gasteiger partial charge in [0.15, 0.2) is 10.5 Å². The highest BCUT2D eigenvalue weighted by molar-refractivity contribution is 7.71. The van der Waals surface area contributed by atoms with Gasteiger partial charge in [-0.05, 0) is 50.2 Å². The van der Waals surface area contributed by atoms with E-state index in [-0.39, 0.29) is 5.91 Å². The number of furan rings is 1. The van der Waals surface area contributed by atoms with E-state index >= 15 is 0 Å². The van der Waals surface area contributed by atoms with Crippen molar-refractivity contribution >= 4 is 29.1 Å². The second-order valence-corrected chi connectivity index (χ2v) is 6.87. The summed E-state index contributed by atoms with van der Waals surface area (Å²) in [6, 6.07) is 5.50. The largest absolute Gasteiger partial charge is 0.497 e. The number of benzene rings is 1. The van der Waals surface area contributed by atoms with E-state index in [2.05, 4.69) is 15.5 Å². The second-order valence-electron chi connectivity index (χ2n) is 6.49. The van der Waals surface area contributed by atoms with Crippen LogP contribution in [0.2, 0.25) is 0 Å². The van der Waals surface area contributed by atoms with Crippen molar-refractivity contribution in [2.24, 2.45) is 0 Å². The van der Waals surface area contributed by atoms with Crippen LogP contribution in [-0.2, 0) is 6.54 Å². The lowest BCUT2D eigenvalue weighted by molar-refractivity contribution is 0.0925. The summed E-state index contributed by atoms with van der Waals surface area (Å²) in [6.07, 6.45) is 2.29. The van der Waals surface area contributed by atoms with Crippen LogP contribution < -0.4 is 10.1 Å². The van der Waals surface area contributed by atoms with Gasteiger partial charge in [-0.3, -0.25) is 9.89 Å². The summed E-state index contributed by atoms with van der Waals surface area (Å²) in [5.41, 5.74) is 1.47. The van der Waals surface area contributed by atoms with Crippen molar-refractivity contribution in [2.45, 2.75) is 32.2 Å². The highest BCUT2D eigenvalue weighted by atomic mass is 32.1. The molecular weight excluding hydrogens is 352 g/mol. The minimum Gasteiger partial charge on any atom is -0.497 e. The molecule has 1 aliphatic carbocycles. The van der Waals surface area contributed by atoms with Crippen LogP contribution in [0.4, 0.5) is 0 Å². The first-order valence-corrected chi connectivity index (χ1v) is 8.99. The quantitative estimate of drug-likeness (QED) is 0.649. The van der Waals surface area contributed by atoms with E-state index in [9.17, 15) is 4.79 Å². The van der Waals surface area contributed by atoms with Gasteiger partial charge in [0.2, 0.25) is 0 Å². The molecule has 0 aliphatic heterocycles. The average molecular weight is 372 g/mol. The minimum absolute atomic E-state index is 0.236. The molecule has 0 radical (unpaired) electrons. The maximum atomic E-state index is 12.5. The number of aromatic nitrogens is 3. The van der Waals surface area contributed by atoms with Gasteiger partial charge in [-0.15, -0.1) is 0 Å². The number of methoxy groups -OCH3 is 1. The van der Waals surface area contributed by atoms with Crippen molar-refractivity contribution < 1.29 is 13.9 Å². The number of nitrogens with one attached hydrogen (secondary N) is 2. The Morgan fingerprint density at radius 2 is 2.31 bits per heavy atom. The molecular formula is C18H20N4O3S. The van der Waals surface area contributed by atoms with Crippen LogP contribution in [0.3, 0.4) is 0 Å². The van der Waals surface area contributed by atoms with E-state index < -0.39 is 0 Å². The van der Waals surface area contributed by atoms with Crippen LogP contribution >= 0.6 is 12.2 Å². The lowest BCUT2D eigenvalue weighted by Gasteiger charge is -2.07. The average Bonchev–Trinajstić information content (AvgIpc) is 3.35. The molecule has 1 aromatic carbocycles. The minimum atomic E-state index is -0.236. The molecule has 26 heavy (non-hydrogen) atoms. The van der Waals surface area contributed by atoms with Crippen LogP contribution in [-0.4, -0.2) is 34.3 Å². The molecule has 0 atom stereocenters. The summed E-state index contributed by atoms with van der Waals surface area (Å²) >= 11 is 5.28. The monoisotopic (exact) mass is 372 g/mol. The topological polar surface area (TPSA) is 85.1 Å². The lowest BCUT2D eigenvalue weighted by atomic mass is 10.1. The number of rotatable bonds is 6. The summed E-state index contributed by atoms with van der Waals surface area (Å²) in [5.74, 6) is 2.30. The predicted octanol–water partition coefficient (Wildman–Crippen LogP) is 3.31. The number of hydrogen-bond acceptors (Lipinski definition) is 5. The van der Waals surface area contributed by atoms with Crippen LogP contribution in [0.15, 0.2) is 22.6 Å². The molecule has 8 heteroatoms. The van der Waals surface area contributed by atoms with E-state index in [0.717, 1.165) is 35.4 Å². The molecule has 0 spiro atoms. The smallest absolute Gasteiger partial charge is 0.287 e. The van der Waals surface area contributed by atoms with Crippen molar-refractivity contribution in [3.8, 4) is 5.75 Å². The Kier molecular flexibility index (Phi) is 4.28. The van der Waals surface area contributed by atoms with Crippen molar-refractivity contribution in [1.82, 2.24) is 20.1 Å². The third kappa shape index (κ3) is 3.01. The van der Waals surface area contributed by atoms with Gasteiger partial charge in [-0.2, -0.15) is 5.10 Å². The molecule has 1 saturated carbocycles. The van der Waals surface area contributed by atoms with Crippen LogP contribution in [0.1, 0.15) is 40.7 Å². The first-order valence-electron chi connectivity index (χ1n) is 8.59. The fourth-order valence-corrected chi connectivity index (χ4v) is 3.33. The summed E-state index contributed by atoms with van der Waals surface area (Å²) in [6.45, 7) is 2.91. The molecule has 2 N–H and O–H groups in total. The van der Waals surface area contributed by atoms with E-state index in [0.29, 0.717) is 35.1 Å². The molecule has 0 bridgehead atoms. The highest BCUT2D eigenvalue weighted by Crippen LogP contribution is 2.38. The van der Waals surface area contributed by atoms with E-state index in [1.54, 1.807) is 7.11 Å². The van der Waals surface area contributed by atoms with Gasteiger partial charge in [-0.25, -0.2) is 0 Å². The van der Waals surface area contributed by atoms with E-state index in [1.165, 1.54) is 0 Å². The van der Waals surface area contributed by atoms with Crippen LogP contribution in [0.25, 0.3) is 11.0 Å². The molecule has 1 aliphatic rings. The molecule has 3 aromatic rings. The number of amides is 1. The summed E-state index contributed by atoms with van der Waals surface area (Å²) in [7, 11) is 1.61. The number of nitrogens with zero attached hydrogens (tertiary/aromatic N) is 2. The zero-order valence-electron chi connectivity index (χ0n) is 14.7. The lowest BCUT2D eigenvalue weighted by Crippen LogP contribution is -2.27. The Hall–Kier alpha value is -2.61. The number of aromatic amines is 1. The molecule has 2 heterocycles. The molecule has 0 unspecified atom stereocenters. The number of carbonyl (C=O) groups is 1. The van der Waals surface area contributed by atoms with Crippen molar-refractivity contribution in [1.29, 1.82) is 0 Å². The third-order valence-corrected chi connectivity index (χ3v) is 5.01. The molecule has 136 valence electrons. The van der Waals surface area contributed by atoms with Crippen molar-refractivity contribution in [3.05, 3.63) is 40.1 Å². The third-order valence-electron chi connectivity index (χ3n) is 4.70. The van der Waals surface area contributed by atoms with E-state index in [4.69, 9.17) is 21.4 Å². The first-order chi connectivity index (χ1) is 12.6. The summed E-state index contributed by atoms with van der Waals surface area (Å²) < 4.78 is 13.5. The Balaban J connectivity index is 1.47. The highest BCUT2D eigenvalue weighted by Gasteiger charge is 2.29. The molecule has 1 fully saturated rings. The summed E-state index contributed by atoms with van der Waals surface area (Å²) in [5, 5.41) is 10.9. The standard InChI is InChI=1S/C18H20N4O3S/c1-10-13-9-12(24-2)5-6-14(13)25-15(10)17(23)19-7-8-22-16(11-3-4-11)20-21-18(22)26/h5-6,9,11H,3-4,7-8H2,1-2H3,(H,19,23)(H,21,26). The zero-order chi connectivity index (χ0) is 18.3. The maximum absolute atomic E-state index is 12.5. The van der Waals surface area contributed by atoms with Gasteiger partial charge in [-0.1, -0.05) is 0 Å². The Bertz CT molecular complexity index is 1030. The number of carbonyl (C=O) groups excluding carboxylic acids is 1. The van der Waals surface area contributed by atoms with Gasteiger partial charge in [0.05, 0.1) is 7.11 Å². The maximum Gasteiger partial charge on any atom is 0.287 e. The van der Waals surface area contributed by atoms with Gasteiger partial charge in [0.1, 0.15) is 17.2 Å². The van der Waals surface area contributed by atoms with Crippen molar-refractivity contribution in [2.75, 3.05) is 13.7 Å². The predicted molar refractivity (Wildman–Crippen MR) is 99.2 cm³/mol. The number of fused-ring (bicyclic) bond motifs is 1. The Labute approximate surface area is 155 Å². The van der Waals surface area contributed by atoms with Gasteiger partial charge >= 0.3 is 0 Å². The molecule has 0 saturated heterocycles. The fourth-order valence-electron chi connectivity index (χ4n) is 3.10. The van der Waals surface area contributed by atoms with Gasteiger partial charge < -0.3 is 19.0 Å². The summed E-state index contributed by atoms with van der Waals surface area (Å²) in [4.78, 5) is 12.5. The number of aryl methyl sites for hydroxylation is 1. The van der Waals surface area contributed by atoms with Crippen molar-refractivity contribution in [3.63, 3.8) is 0 Å². The van der Waals surface area contributed by atoms with Crippen LogP contribution in [0, 0.1) is 11.7 Å². The molecule has 1 amide bonds. The first kappa shape index (κ1) is 16.8. The number of hydrogen-bond donors (Lipinski definition) is 2. The molecule has 2 aromatic heterocycles. The SMILES string of the molecule is COc1ccc2oc(C(=O)NCCn3c(C4CC4)n[nH]c3=S)c(C)c2c1. The van der Waals surface area contributed by atoms with Gasteiger partial charge in [0.25, 0.3) is 5.91 Å². The Morgan fingerprint density at radius 3 is 3.04 bits per heavy atom.